The number of unbranched alkanes of at least 4 members (excludes halogenated alkanes) is 5. The highest BCUT2D eigenvalue weighted by Gasteiger charge is 2.04. The van der Waals surface area contributed by atoms with E-state index in [1.54, 1.807) is 0 Å². The fourth-order valence-corrected chi connectivity index (χ4v) is 1.63. The zero-order valence-electron chi connectivity index (χ0n) is 9.55. The summed E-state index contributed by atoms with van der Waals surface area (Å²) in [7, 11) is 6.79. The van der Waals surface area contributed by atoms with Gasteiger partial charge in [-0.2, -0.15) is 12.6 Å². The van der Waals surface area contributed by atoms with Crippen molar-refractivity contribution in [3.05, 3.63) is 0 Å². The van der Waals surface area contributed by atoms with Crippen molar-refractivity contribution < 1.29 is 4.48 Å². The van der Waals surface area contributed by atoms with Crippen LogP contribution in [0.25, 0.3) is 0 Å². The molecular formula is C11H26NS+. The lowest BCUT2D eigenvalue weighted by Gasteiger charge is -2.23. The molecule has 0 aromatic heterocycles. The lowest BCUT2D eigenvalue weighted by molar-refractivity contribution is -0.870. The molecule has 0 aliphatic heterocycles. The van der Waals surface area contributed by atoms with Crippen LogP contribution >= 0.6 is 12.6 Å². The highest BCUT2D eigenvalue weighted by atomic mass is 32.1. The third-order valence-corrected chi connectivity index (χ3v) is 2.55. The van der Waals surface area contributed by atoms with E-state index < -0.39 is 0 Å². The van der Waals surface area contributed by atoms with Crippen LogP contribution in [0.2, 0.25) is 0 Å². The van der Waals surface area contributed by atoms with Gasteiger partial charge in [0.15, 0.2) is 0 Å². The summed E-state index contributed by atoms with van der Waals surface area (Å²) < 4.78 is 1.11. The van der Waals surface area contributed by atoms with E-state index in [0.29, 0.717) is 0 Å². The molecule has 0 amide bonds. The summed E-state index contributed by atoms with van der Waals surface area (Å²) in [5.41, 5.74) is 0. The smallest absolute Gasteiger partial charge is 0.0780 e. The van der Waals surface area contributed by atoms with E-state index >= 15 is 0 Å². The van der Waals surface area contributed by atoms with Crippen molar-refractivity contribution in [1.29, 1.82) is 0 Å². The number of hydrogen-bond donors (Lipinski definition) is 1. The highest BCUT2D eigenvalue weighted by Crippen LogP contribution is 2.07. The average Bonchev–Trinajstić information content (AvgIpc) is 2.01. The Morgan fingerprint density at radius 3 is 1.69 bits per heavy atom. The molecule has 13 heavy (non-hydrogen) atoms. The summed E-state index contributed by atoms with van der Waals surface area (Å²) in [5.74, 6) is 1.05. The molecular weight excluding hydrogens is 178 g/mol. The van der Waals surface area contributed by atoms with Crippen LogP contribution in [0, 0.1) is 0 Å². The molecule has 0 aliphatic rings. The molecule has 0 radical (unpaired) electrons. The van der Waals surface area contributed by atoms with E-state index in [4.69, 9.17) is 0 Å². The van der Waals surface area contributed by atoms with Crippen molar-refractivity contribution in [2.45, 2.75) is 38.5 Å². The second-order valence-corrected chi connectivity index (χ2v) is 5.31. The maximum absolute atomic E-state index is 4.20. The third kappa shape index (κ3) is 12.3. The molecule has 0 N–H and O–H groups in total. The first kappa shape index (κ1) is 13.3. The summed E-state index contributed by atoms with van der Waals surface area (Å²) >= 11 is 4.20. The lowest BCUT2D eigenvalue weighted by Crippen LogP contribution is -2.35. The first-order valence-corrected chi connectivity index (χ1v) is 6.11. The lowest BCUT2D eigenvalue weighted by atomic mass is 10.1. The Morgan fingerprint density at radius 2 is 1.23 bits per heavy atom. The molecule has 80 valence electrons. The molecule has 0 saturated heterocycles. The van der Waals surface area contributed by atoms with Crippen LogP contribution in [-0.4, -0.2) is 37.9 Å². The van der Waals surface area contributed by atoms with Crippen LogP contribution in [0.1, 0.15) is 38.5 Å². The highest BCUT2D eigenvalue weighted by molar-refractivity contribution is 7.80. The Balaban J connectivity index is 3.00. The van der Waals surface area contributed by atoms with Crippen LogP contribution in [0.15, 0.2) is 0 Å². The van der Waals surface area contributed by atoms with Crippen LogP contribution in [0.4, 0.5) is 0 Å². The Kier molecular flexibility index (Phi) is 7.87. The van der Waals surface area contributed by atoms with Crippen molar-refractivity contribution in [3.8, 4) is 0 Å². The number of nitrogens with zero attached hydrogens (tertiary/aromatic N) is 1. The minimum absolute atomic E-state index is 1.05. The van der Waals surface area contributed by atoms with Gasteiger partial charge in [0.1, 0.15) is 0 Å². The zero-order valence-corrected chi connectivity index (χ0v) is 10.4. The largest absolute Gasteiger partial charge is 0.331 e. The average molecular weight is 204 g/mol. The van der Waals surface area contributed by atoms with Crippen molar-refractivity contribution in [1.82, 2.24) is 0 Å². The number of thiol groups is 1. The summed E-state index contributed by atoms with van der Waals surface area (Å²) in [6, 6.07) is 0. The summed E-state index contributed by atoms with van der Waals surface area (Å²) in [5, 5.41) is 0. The quantitative estimate of drug-likeness (QED) is 0.351. The molecule has 0 heterocycles. The molecule has 2 heteroatoms. The molecule has 0 fully saturated rings. The second-order valence-electron chi connectivity index (χ2n) is 4.86. The molecule has 1 nitrogen and oxygen atoms in total. The second kappa shape index (κ2) is 7.69. The first-order valence-electron chi connectivity index (χ1n) is 5.47. The summed E-state index contributed by atoms with van der Waals surface area (Å²) in [6.07, 6.45) is 8.25. The van der Waals surface area contributed by atoms with Crippen molar-refractivity contribution in [2.75, 3.05) is 33.4 Å². The Bertz CT molecular complexity index is 107. The van der Waals surface area contributed by atoms with Gasteiger partial charge < -0.3 is 4.48 Å². The van der Waals surface area contributed by atoms with Gasteiger partial charge in [-0.15, -0.1) is 0 Å². The van der Waals surface area contributed by atoms with E-state index in [1.807, 2.05) is 0 Å². The molecule has 0 aliphatic carbocycles. The number of quaternary nitrogens is 1. The van der Waals surface area contributed by atoms with Gasteiger partial charge in [0.2, 0.25) is 0 Å². The van der Waals surface area contributed by atoms with Gasteiger partial charge in [-0.05, 0) is 25.0 Å². The zero-order chi connectivity index (χ0) is 10.2. The fourth-order valence-electron chi connectivity index (χ4n) is 1.41. The maximum Gasteiger partial charge on any atom is 0.0780 e. The van der Waals surface area contributed by atoms with E-state index in [-0.39, 0.29) is 0 Å². The van der Waals surface area contributed by atoms with Gasteiger partial charge in [-0.1, -0.05) is 19.3 Å². The standard InChI is InChI=1S/C11H25NS/c1-12(2,3)10-8-6-4-5-7-9-11-13/h4-11H2,1-3H3/p+1. The van der Waals surface area contributed by atoms with E-state index in [9.17, 15) is 0 Å². The minimum atomic E-state index is 1.05. The van der Waals surface area contributed by atoms with Crippen molar-refractivity contribution >= 4 is 12.6 Å². The molecule has 0 aromatic rings. The van der Waals surface area contributed by atoms with Gasteiger partial charge in [0.05, 0.1) is 27.7 Å². The number of rotatable bonds is 8. The molecule has 0 spiro atoms. The fraction of sp³-hybridized carbons (Fsp3) is 1.00. The Hall–Kier alpha value is 0.310. The normalized spacial score (nSPS) is 12.0. The van der Waals surface area contributed by atoms with E-state index in [2.05, 4.69) is 33.8 Å². The molecule has 0 saturated carbocycles. The molecule has 0 unspecified atom stereocenters. The van der Waals surface area contributed by atoms with Gasteiger partial charge >= 0.3 is 0 Å². The van der Waals surface area contributed by atoms with Gasteiger partial charge in [-0.3, -0.25) is 0 Å². The van der Waals surface area contributed by atoms with Gasteiger partial charge in [-0.25, -0.2) is 0 Å². The molecule has 0 aromatic carbocycles. The van der Waals surface area contributed by atoms with Crippen LogP contribution in [0.3, 0.4) is 0 Å². The Labute approximate surface area is 89.5 Å². The SMILES string of the molecule is C[N+](C)(C)CCCCCCCCS. The minimum Gasteiger partial charge on any atom is -0.331 e. The first-order chi connectivity index (χ1) is 6.06. The molecule has 0 bridgehead atoms. The summed E-state index contributed by atoms with van der Waals surface area (Å²) in [4.78, 5) is 0. The molecule has 0 atom stereocenters. The number of hydrogen-bond acceptors (Lipinski definition) is 1. The predicted molar refractivity (Wildman–Crippen MR) is 64.5 cm³/mol. The van der Waals surface area contributed by atoms with E-state index in [0.717, 1.165) is 10.2 Å². The predicted octanol–water partition coefficient (Wildman–Crippen LogP) is 2.96. The molecule has 0 rings (SSSR count). The van der Waals surface area contributed by atoms with Crippen LogP contribution in [-0.2, 0) is 0 Å². The monoisotopic (exact) mass is 204 g/mol. The summed E-state index contributed by atoms with van der Waals surface area (Å²) in [6.45, 7) is 1.31. The third-order valence-electron chi connectivity index (χ3n) is 2.24. The topological polar surface area (TPSA) is 0 Å². The van der Waals surface area contributed by atoms with Gasteiger partial charge in [0.25, 0.3) is 0 Å². The van der Waals surface area contributed by atoms with Crippen molar-refractivity contribution in [2.24, 2.45) is 0 Å². The maximum atomic E-state index is 4.20. The van der Waals surface area contributed by atoms with Gasteiger partial charge in [0, 0.05) is 0 Å². The van der Waals surface area contributed by atoms with Crippen LogP contribution < -0.4 is 0 Å². The van der Waals surface area contributed by atoms with Crippen molar-refractivity contribution in [3.63, 3.8) is 0 Å². The Morgan fingerprint density at radius 1 is 0.769 bits per heavy atom. The van der Waals surface area contributed by atoms with Crippen LogP contribution in [0.5, 0.6) is 0 Å². The van der Waals surface area contributed by atoms with E-state index in [1.165, 1.54) is 45.1 Å².